The Bertz CT molecular complexity index is 598. The van der Waals surface area contributed by atoms with Gasteiger partial charge in [-0.3, -0.25) is 4.79 Å². The van der Waals surface area contributed by atoms with Gasteiger partial charge in [-0.2, -0.15) is 5.26 Å². The molecule has 1 N–H and O–H groups in total. The molecule has 1 aliphatic carbocycles. The van der Waals surface area contributed by atoms with Crippen LogP contribution in [0.2, 0.25) is 0 Å². The van der Waals surface area contributed by atoms with Crippen molar-refractivity contribution in [1.29, 1.82) is 5.26 Å². The van der Waals surface area contributed by atoms with Gasteiger partial charge in [-0.15, -0.1) is 0 Å². The van der Waals surface area contributed by atoms with Crippen molar-refractivity contribution < 1.29 is 4.79 Å². The van der Waals surface area contributed by atoms with Crippen molar-refractivity contribution in [3.63, 3.8) is 0 Å². The van der Waals surface area contributed by atoms with Crippen molar-refractivity contribution in [3.05, 3.63) is 46.1 Å². The fourth-order valence-electron chi connectivity index (χ4n) is 2.84. The number of hydrogen-bond donors (Lipinski definition) is 1. The normalized spacial score (nSPS) is 15.8. The van der Waals surface area contributed by atoms with E-state index >= 15 is 0 Å². The van der Waals surface area contributed by atoms with Crippen LogP contribution in [-0.4, -0.2) is 23.9 Å². The van der Waals surface area contributed by atoms with Crippen LogP contribution in [0.3, 0.4) is 0 Å². The molecule has 0 aromatic heterocycles. The fourth-order valence-corrected chi connectivity index (χ4v) is 3.10. The lowest BCUT2D eigenvalue weighted by molar-refractivity contribution is -0.128. The number of rotatable bonds is 5. The Hall–Kier alpha value is -1.80. The molecule has 0 bridgehead atoms. The fraction of sp³-hybridized carbons (Fsp3) is 0.444. The van der Waals surface area contributed by atoms with Gasteiger partial charge in [0.05, 0.1) is 0 Å². The molecule has 1 aromatic rings. The Kier molecular flexibility index (Phi) is 6.66. The van der Waals surface area contributed by atoms with Crippen molar-refractivity contribution in [2.75, 3.05) is 7.05 Å². The van der Waals surface area contributed by atoms with Crippen LogP contribution in [0.15, 0.2) is 40.5 Å². The monoisotopic (exact) mass is 375 g/mol. The summed E-state index contributed by atoms with van der Waals surface area (Å²) in [5.74, 6) is -0.192. The number of nitrogens with zero attached hydrogens (tertiary/aromatic N) is 2. The Morgan fingerprint density at radius 1 is 1.35 bits per heavy atom. The smallest absolute Gasteiger partial charge is 0.265 e. The highest BCUT2D eigenvalue weighted by Crippen LogP contribution is 2.22. The molecule has 0 heterocycles. The van der Waals surface area contributed by atoms with Gasteiger partial charge in [0.15, 0.2) is 0 Å². The molecule has 5 heteroatoms. The van der Waals surface area contributed by atoms with E-state index in [0.29, 0.717) is 6.54 Å². The average Bonchev–Trinajstić information content (AvgIpc) is 2.60. The average molecular weight is 376 g/mol. The van der Waals surface area contributed by atoms with E-state index < -0.39 is 0 Å². The first-order valence-corrected chi connectivity index (χ1v) is 8.76. The highest BCUT2D eigenvalue weighted by molar-refractivity contribution is 9.10. The van der Waals surface area contributed by atoms with Crippen LogP contribution in [0.5, 0.6) is 0 Å². The molecule has 0 radical (unpaired) electrons. The van der Waals surface area contributed by atoms with Gasteiger partial charge in [-0.1, -0.05) is 47.3 Å². The number of amides is 1. The van der Waals surface area contributed by atoms with Gasteiger partial charge in [-0.25, -0.2) is 0 Å². The number of nitrogens with one attached hydrogen (secondary N) is 1. The van der Waals surface area contributed by atoms with Crippen LogP contribution in [0.25, 0.3) is 0 Å². The lowest BCUT2D eigenvalue weighted by Gasteiger charge is -2.31. The molecule has 23 heavy (non-hydrogen) atoms. The van der Waals surface area contributed by atoms with Gasteiger partial charge in [-0.05, 0) is 30.5 Å². The first-order chi connectivity index (χ1) is 11.1. The van der Waals surface area contributed by atoms with E-state index in [0.717, 1.165) is 35.7 Å². The van der Waals surface area contributed by atoms with E-state index in [1.807, 2.05) is 30.3 Å². The summed E-state index contributed by atoms with van der Waals surface area (Å²) >= 11 is 3.40. The molecule has 1 amide bonds. The Labute approximate surface area is 146 Å². The molecule has 1 fully saturated rings. The molecular weight excluding hydrogens is 354 g/mol. The number of halogens is 1. The van der Waals surface area contributed by atoms with E-state index in [2.05, 4.69) is 21.2 Å². The third-order valence-corrected chi connectivity index (χ3v) is 4.79. The predicted octanol–water partition coefficient (Wildman–Crippen LogP) is 3.74. The van der Waals surface area contributed by atoms with Gasteiger partial charge in [0, 0.05) is 30.3 Å². The maximum Gasteiger partial charge on any atom is 0.265 e. The summed E-state index contributed by atoms with van der Waals surface area (Å²) < 4.78 is 1.03. The Morgan fingerprint density at radius 3 is 2.61 bits per heavy atom. The molecule has 0 unspecified atom stereocenters. The summed E-state index contributed by atoms with van der Waals surface area (Å²) in [6.45, 7) is 0.582. The minimum Gasteiger partial charge on any atom is -0.386 e. The molecule has 1 saturated carbocycles. The van der Waals surface area contributed by atoms with Crippen LogP contribution in [-0.2, 0) is 11.3 Å². The highest BCUT2D eigenvalue weighted by Gasteiger charge is 2.24. The first-order valence-electron chi connectivity index (χ1n) is 7.97. The van der Waals surface area contributed by atoms with Crippen LogP contribution in [0.1, 0.15) is 37.7 Å². The van der Waals surface area contributed by atoms with Gasteiger partial charge in [0.25, 0.3) is 5.91 Å². The summed E-state index contributed by atoms with van der Waals surface area (Å²) in [6.07, 6.45) is 7.17. The zero-order valence-corrected chi connectivity index (χ0v) is 15.0. The summed E-state index contributed by atoms with van der Waals surface area (Å²) in [4.78, 5) is 14.2. The van der Waals surface area contributed by atoms with Gasteiger partial charge in [0.1, 0.15) is 11.6 Å². The standard InChI is InChI=1S/C18H22BrN3O/c1-22(17-5-3-2-4-6-17)18(23)15(11-20)13-21-12-14-7-9-16(19)10-8-14/h7-10,13,17,21H,2-6,12H2,1H3/b15-13-. The minimum absolute atomic E-state index is 0.162. The van der Waals surface area contributed by atoms with Crippen molar-refractivity contribution in [2.45, 2.75) is 44.7 Å². The third kappa shape index (κ3) is 5.11. The molecule has 0 aliphatic heterocycles. The van der Waals surface area contributed by atoms with E-state index in [4.69, 9.17) is 0 Å². The van der Waals surface area contributed by atoms with E-state index in [9.17, 15) is 10.1 Å². The maximum atomic E-state index is 12.4. The molecule has 4 nitrogen and oxygen atoms in total. The van der Waals surface area contributed by atoms with E-state index in [1.165, 1.54) is 12.6 Å². The summed E-state index contributed by atoms with van der Waals surface area (Å²) in [6, 6.07) is 10.2. The predicted molar refractivity (Wildman–Crippen MR) is 94.3 cm³/mol. The minimum atomic E-state index is -0.192. The maximum absolute atomic E-state index is 12.4. The molecule has 1 aromatic carbocycles. The van der Waals surface area contributed by atoms with Crippen LogP contribution in [0.4, 0.5) is 0 Å². The second-order valence-electron chi connectivity index (χ2n) is 5.89. The van der Waals surface area contributed by atoms with Crippen LogP contribution >= 0.6 is 15.9 Å². The molecule has 0 spiro atoms. The number of carbonyl (C=O) groups is 1. The van der Waals surface area contributed by atoms with Gasteiger partial charge >= 0.3 is 0 Å². The number of likely N-dealkylation sites (N-methyl/N-ethyl adjacent to an activating group) is 1. The molecule has 0 atom stereocenters. The lowest BCUT2D eigenvalue weighted by Crippen LogP contribution is -2.39. The summed E-state index contributed by atoms with van der Waals surface area (Å²) in [5.41, 5.74) is 1.25. The van der Waals surface area contributed by atoms with Crippen molar-refractivity contribution in [1.82, 2.24) is 10.2 Å². The Morgan fingerprint density at radius 2 is 2.00 bits per heavy atom. The second kappa shape index (κ2) is 8.73. The number of hydrogen-bond acceptors (Lipinski definition) is 3. The van der Waals surface area contributed by atoms with Crippen molar-refractivity contribution in [3.8, 4) is 6.07 Å². The lowest BCUT2D eigenvalue weighted by atomic mass is 9.94. The van der Waals surface area contributed by atoms with E-state index in [1.54, 1.807) is 11.9 Å². The molecule has 1 aliphatic rings. The van der Waals surface area contributed by atoms with Crippen LogP contribution in [0, 0.1) is 11.3 Å². The Balaban J connectivity index is 1.93. The summed E-state index contributed by atoms with van der Waals surface area (Å²) in [7, 11) is 1.80. The summed E-state index contributed by atoms with van der Waals surface area (Å²) in [5, 5.41) is 12.3. The molecule has 122 valence electrons. The zero-order chi connectivity index (χ0) is 16.7. The van der Waals surface area contributed by atoms with Crippen molar-refractivity contribution >= 4 is 21.8 Å². The second-order valence-corrected chi connectivity index (χ2v) is 6.80. The third-order valence-electron chi connectivity index (χ3n) is 4.26. The SMILES string of the molecule is CN(C(=O)/C(C#N)=C\NCc1ccc(Br)cc1)C1CCCCC1. The largest absolute Gasteiger partial charge is 0.386 e. The van der Waals surface area contributed by atoms with Crippen molar-refractivity contribution in [2.24, 2.45) is 0 Å². The quantitative estimate of drug-likeness (QED) is 0.629. The molecule has 2 rings (SSSR count). The topological polar surface area (TPSA) is 56.1 Å². The van der Waals surface area contributed by atoms with Gasteiger partial charge < -0.3 is 10.2 Å². The highest BCUT2D eigenvalue weighted by atomic mass is 79.9. The number of nitriles is 1. The first kappa shape index (κ1) is 17.6. The van der Waals surface area contributed by atoms with Crippen LogP contribution < -0.4 is 5.32 Å². The molecule has 0 saturated heterocycles. The van der Waals surface area contributed by atoms with E-state index in [-0.39, 0.29) is 17.5 Å². The zero-order valence-electron chi connectivity index (χ0n) is 13.4. The number of carbonyl (C=O) groups excluding carboxylic acids is 1. The van der Waals surface area contributed by atoms with Gasteiger partial charge in [0.2, 0.25) is 0 Å². The molecular formula is C18H22BrN3O. The number of benzene rings is 1.